The van der Waals surface area contributed by atoms with Gasteiger partial charge in [-0.2, -0.15) is 0 Å². The maximum atomic E-state index is 12.2. The Bertz CT molecular complexity index is 704. The van der Waals surface area contributed by atoms with Crippen LogP contribution in [0.25, 0.3) is 0 Å². The molecule has 0 aliphatic heterocycles. The van der Waals surface area contributed by atoms with E-state index >= 15 is 0 Å². The van der Waals surface area contributed by atoms with E-state index in [-0.39, 0.29) is 4.21 Å². The smallest absolute Gasteiger partial charge is 0.271 e. The maximum absolute atomic E-state index is 12.2. The molecule has 0 atom stereocenters. The van der Waals surface area contributed by atoms with Crippen LogP contribution in [0, 0.1) is 13.8 Å². The molecule has 0 unspecified atom stereocenters. The van der Waals surface area contributed by atoms with Gasteiger partial charge in [0.15, 0.2) is 0 Å². The van der Waals surface area contributed by atoms with Crippen molar-refractivity contribution >= 4 is 44.3 Å². The van der Waals surface area contributed by atoms with Gasteiger partial charge >= 0.3 is 0 Å². The van der Waals surface area contributed by atoms with Crippen LogP contribution in [0.15, 0.2) is 28.5 Å². The summed E-state index contributed by atoms with van der Waals surface area (Å²) in [6, 6.07) is 6.56. The summed E-state index contributed by atoms with van der Waals surface area (Å²) in [5.74, 6) is 0. The van der Waals surface area contributed by atoms with Crippen molar-refractivity contribution < 1.29 is 8.42 Å². The molecule has 1 heterocycles. The van der Waals surface area contributed by atoms with E-state index in [1.807, 2.05) is 0 Å². The highest BCUT2D eigenvalue weighted by molar-refractivity contribution is 7.94. The molecule has 1 aromatic heterocycles. The third kappa shape index (κ3) is 3.02. The number of aryl methyl sites for hydroxylation is 2. The Morgan fingerprint density at radius 3 is 2.42 bits per heavy atom. The molecule has 0 saturated carbocycles. The summed E-state index contributed by atoms with van der Waals surface area (Å²) >= 11 is 6.94. The van der Waals surface area contributed by atoms with Crippen molar-refractivity contribution in [2.24, 2.45) is 0 Å². The molecular weight excluding hydrogens is 304 g/mol. The first kappa shape index (κ1) is 14.2. The molecule has 0 radical (unpaired) electrons. The lowest BCUT2D eigenvalue weighted by atomic mass is 10.2. The van der Waals surface area contributed by atoms with E-state index in [0.717, 1.165) is 22.5 Å². The summed E-state index contributed by atoms with van der Waals surface area (Å²) in [6.07, 6.45) is 0. The van der Waals surface area contributed by atoms with Crippen LogP contribution in [0.4, 0.5) is 11.4 Å². The van der Waals surface area contributed by atoms with E-state index < -0.39 is 10.0 Å². The molecule has 0 aliphatic carbocycles. The second kappa shape index (κ2) is 5.03. The third-order valence-electron chi connectivity index (χ3n) is 2.59. The van der Waals surface area contributed by atoms with Crippen LogP contribution < -0.4 is 10.5 Å². The van der Waals surface area contributed by atoms with Gasteiger partial charge in [-0.1, -0.05) is 11.6 Å². The normalized spacial score (nSPS) is 11.5. The summed E-state index contributed by atoms with van der Waals surface area (Å²) in [5, 5.41) is 0. The lowest BCUT2D eigenvalue weighted by molar-refractivity contribution is 0.603. The molecule has 0 spiro atoms. The molecule has 0 saturated heterocycles. The van der Waals surface area contributed by atoms with E-state index in [1.54, 1.807) is 38.1 Å². The second-order valence-corrected chi connectivity index (χ2v) is 7.77. The van der Waals surface area contributed by atoms with Gasteiger partial charge in [0.05, 0.1) is 10.0 Å². The van der Waals surface area contributed by atoms with Gasteiger partial charge in [0.2, 0.25) is 0 Å². The van der Waals surface area contributed by atoms with Crippen LogP contribution in [-0.2, 0) is 10.0 Å². The first-order valence-electron chi connectivity index (χ1n) is 5.44. The second-order valence-electron chi connectivity index (χ2n) is 4.20. The van der Waals surface area contributed by atoms with Gasteiger partial charge in [0.1, 0.15) is 4.21 Å². The molecule has 0 aliphatic rings. The SMILES string of the molecule is Cc1cc(N)ccc1NS(=O)(=O)c1cc(C)c(Cl)s1. The minimum Gasteiger partial charge on any atom is -0.399 e. The number of hydrogen-bond donors (Lipinski definition) is 2. The van der Waals surface area contributed by atoms with Crippen LogP contribution >= 0.6 is 22.9 Å². The highest BCUT2D eigenvalue weighted by Crippen LogP contribution is 2.31. The van der Waals surface area contributed by atoms with Crippen LogP contribution in [0.2, 0.25) is 4.34 Å². The van der Waals surface area contributed by atoms with Gasteiger partial charge in [-0.3, -0.25) is 4.72 Å². The summed E-state index contributed by atoms with van der Waals surface area (Å²) in [6.45, 7) is 3.56. The van der Waals surface area contributed by atoms with Crippen LogP contribution in [0.1, 0.15) is 11.1 Å². The average Bonchev–Trinajstić information content (AvgIpc) is 2.64. The Hall–Kier alpha value is -1.24. The van der Waals surface area contributed by atoms with E-state index in [2.05, 4.69) is 4.72 Å². The van der Waals surface area contributed by atoms with Crippen LogP contribution in [-0.4, -0.2) is 8.42 Å². The van der Waals surface area contributed by atoms with Gasteiger partial charge in [-0.05, 0) is 49.2 Å². The molecule has 0 bridgehead atoms. The monoisotopic (exact) mass is 316 g/mol. The summed E-state index contributed by atoms with van der Waals surface area (Å²) < 4.78 is 27.6. The van der Waals surface area contributed by atoms with E-state index in [0.29, 0.717) is 15.7 Å². The Kier molecular flexibility index (Phi) is 3.75. The standard InChI is InChI=1S/C12H13ClN2O2S2/c1-7-5-9(14)3-4-10(7)15-19(16,17)11-6-8(2)12(13)18-11/h3-6,15H,14H2,1-2H3. The highest BCUT2D eigenvalue weighted by Gasteiger charge is 2.19. The Morgan fingerprint density at radius 1 is 1.21 bits per heavy atom. The quantitative estimate of drug-likeness (QED) is 0.852. The zero-order chi connectivity index (χ0) is 14.2. The topological polar surface area (TPSA) is 72.2 Å². The van der Waals surface area contributed by atoms with Gasteiger partial charge in [0, 0.05) is 5.69 Å². The van der Waals surface area contributed by atoms with Gasteiger partial charge in [0.25, 0.3) is 10.0 Å². The Labute approximate surface area is 121 Å². The molecular formula is C12H13ClN2O2S2. The van der Waals surface area contributed by atoms with E-state index in [9.17, 15) is 8.42 Å². The fourth-order valence-corrected chi connectivity index (χ4v) is 4.40. The maximum Gasteiger partial charge on any atom is 0.271 e. The van der Waals surface area contributed by atoms with Crippen LogP contribution in [0.5, 0.6) is 0 Å². The number of thiophene rings is 1. The molecule has 2 rings (SSSR count). The first-order valence-corrected chi connectivity index (χ1v) is 8.12. The van der Waals surface area contributed by atoms with Gasteiger partial charge in [-0.25, -0.2) is 8.42 Å². The number of anilines is 2. The number of sulfonamides is 1. The lowest BCUT2D eigenvalue weighted by Gasteiger charge is -2.09. The average molecular weight is 317 g/mol. The largest absolute Gasteiger partial charge is 0.399 e. The molecule has 2 aromatic rings. The van der Waals surface area contributed by atoms with Gasteiger partial charge < -0.3 is 5.73 Å². The molecule has 1 aromatic carbocycles. The number of rotatable bonds is 3. The number of nitrogens with two attached hydrogens (primary N) is 1. The van der Waals surface area contributed by atoms with Crippen molar-refractivity contribution in [2.75, 3.05) is 10.5 Å². The summed E-state index contributed by atoms with van der Waals surface area (Å²) in [5.41, 5.74) is 8.25. The molecule has 7 heteroatoms. The molecule has 0 amide bonds. The van der Waals surface area contributed by atoms with Crippen molar-refractivity contribution in [3.8, 4) is 0 Å². The number of nitrogens with one attached hydrogen (secondary N) is 1. The van der Waals surface area contributed by atoms with Crippen molar-refractivity contribution in [1.82, 2.24) is 0 Å². The fourth-order valence-electron chi connectivity index (χ4n) is 1.56. The lowest BCUT2D eigenvalue weighted by Crippen LogP contribution is -2.12. The predicted molar refractivity (Wildman–Crippen MR) is 80.5 cm³/mol. The molecule has 4 nitrogen and oxygen atoms in total. The van der Waals surface area contributed by atoms with Crippen molar-refractivity contribution in [3.05, 3.63) is 39.7 Å². The minimum atomic E-state index is -3.61. The van der Waals surface area contributed by atoms with Crippen molar-refractivity contribution in [3.63, 3.8) is 0 Å². The molecule has 19 heavy (non-hydrogen) atoms. The molecule has 102 valence electrons. The summed E-state index contributed by atoms with van der Waals surface area (Å²) in [7, 11) is -3.61. The number of hydrogen-bond acceptors (Lipinski definition) is 4. The van der Waals surface area contributed by atoms with E-state index in [4.69, 9.17) is 17.3 Å². The van der Waals surface area contributed by atoms with Crippen molar-refractivity contribution in [2.45, 2.75) is 18.1 Å². The zero-order valence-corrected chi connectivity index (χ0v) is 12.8. The molecule has 0 fully saturated rings. The van der Waals surface area contributed by atoms with Gasteiger partial charge in [-0.15, -0.1) is 11.3 Å². The fraction of sp³-hybridized carbons (Fsp3) is 0.167. The third-order valence-corrected chi connectivity index (χ3v) is 5.99. The Morgan fingerprint density at radius 2 is 1.89 bits per heavy atom. The number of halogens is 1. The first-order chi connectivity index (χ1) is 8.79. The predicted octanol–water partition coefficient (Wildman–Crippen LogP) is 3.40. The minimum absolute atomic E-state index is 0.200. The highest BCUT2D eigenvalue weighted by atomic mass is 35.5. The van der Waals surface area contributed by atoms with E-state index in [1.165, 1.54) is 0 Å². The Balaban J connectivity index is 2.36. The van der Waals surface area contributed by atoms with Crippen LogP contribution in [0.3, 0.4) is 0 Å². The summed E-state index contributed by atoms with van der Waals surface area (Å²) in [4.78, 5) is 0. The number of nitrogen functional groups attached to an aromatic ring is 1. The van der Waals surface area contributed by atoms with Crippen molar-refractivity contribution in [1.29, 1.82) is 0 Å². The zero-order valence-electron chi connectivity index (χ0n) is 10.4. The molecule has 3 N–H and O–H groups in total. The number of benzene rings is 1.